The van der Waals surface area contributed by atoms with E-state index in [2.05, 4.69) is 13.8 Å². The Hall–Kier alpha value is -0.330. The molecular formula is C10H20O. The van der Waals surface area contributed by atoms with Crippen molar-refractivity contribution in [3.05, 3.63) is 0 Å². The Balaban J connectivity index is 3.81. The van der Waals surface area contributed by atoms with Crippen LogP contribution in [0, 0.1) is 11.8 Å². The van der Waals surface area contributed by atoms with Gasteiger partial charge in [0.15, 0.2) is 0 Å². The minimum absolute atomic E-state index is 0.261. The van der Waals surface area contributed by atoms with Gasteiger partial charge in [-0.2, -0.15) is 0 Å². The minimum atomic E-state index is 0.261. The third kappa shape index (κ3) is 3.54. The van der Waals surface area contributed by atoms with Gasteiger partial charge >= 0.3 is 0 Å². The standard InChI is InChI=1S/C10H20O/c1-5-7-9(4)10(11)8(3)6-2/h8-9H,5-7H2,1-4H3/t8-,9-/m0/s1. The number of rotatable bonds is 5. The molecule has 1 nitrogen and oxygen atoms in total. The van der Waals surface area contributed by atoms with Crippen molar-refractivity contribution in [3.63, 3.8) is 0 Å². The molecule has 0 aromatic carbocycles. The smallest absolute Gasteiger partial charge is 0.138 e. The van der Waals surface area contributed by atoms with Crippen molar-refractivity contribution in [2.75, 3.05) is 0 Å². The van der Waals surface area contributed by atoms with Crippen LogP contribution in [0.5, 0.6) is 0 Å². The van der Waals surface area contributed by atoms with Crippen LogP contribution in [0.4, 0.5) is 0 Å². The number of hydrogen-bond donors (Lipinski definition) is 0. The predicted molar refractivity (Wildman–Crippen MR) is 48.5 cm³/mol. The Bertz CT molecular complexity index is 118. The zero-order chi connectivity index (χ0) is 8.85. The van der Waals surface area contributed by atoms with E-state index in [9.17, 15) is 4.79 Å². The molecule has 0 rings (SSSR count). The van der Waals surface area contributed by atoms with Crippen LogP contribution >= 0.6 is 0 Å². The van der Waals surface area contributed by atoms with Crippen LogP contribution in [-0.2, 0) is 4.79 Å². The molecule has 1 heteroatoms. The second-order valence-corrected chi connectivity index (χ2v) is 3.40. The molecule has 66 valence electrons. The summed E-state index contributed by atoms with van der Waals surface area (Å²) in [5, 5.41) is 0. The van der Waals surface area contributed by atoms with Crippen LogP contribution in [0.3, 0.4) is 0 Å². The van der Waals surface area contributed by atoms with E-state index in [-0.39, 0.29) is 11.8 Å². The fourth-order valence-electron chi connectivity index (χ4n) is 1.26. The Morgan fingerprint density at radius 1 is 1.18 bits per heavy atom. The number of carbonyl (C=O) groups is 1. The topological polar surface area (TPSA) is 17.1 Å². The molecule has 0 saturated heterocycles. The van der Waals surface area contributed by atoms with E-state index in [1.165, 1.54) is 0 Å². The first kappa shape index (κ1) is 10.7. The number of hydrogen-bond acceptors (Lipinski definition) is 1. The molecule has 0 N–H and O–H groups in total. The summed E-state index contributed by atoms with van der Waals surface area (Å²) in [6.45, 7) is 8.26. The van der Waals surface area contributed by atoms with Crippen molar-refractivity contribution in [2.45, 2.75) is 47.0 Å². The third-order valence-corrected chi connectivity index (χ3v) is 2.31. The Kier molecular flexibility index (Phi) is 5.18. The normalized spacial score (nSPS) is 16.0. The van der Waals surface area contributed by atoms with E-state index in [0.717, 1.165) is 19.3 Å². The Morgan fingerprint density at radius 3 is 2.09 bits per heavy atom. The third-order valence-electron chi connectivity index (χ3n) is 2.31. The molecule has 2 atom stereocenters. The molecule has 0 aromatic rings. The summed E-state index contributed by atoms with van der Waals surface area (Å²) in [6.07, 6.45) is 3.14. The molecule has 0 fully saturated rings. The molecular weight excluding hydrogens is 136 g/mol. The van der Waals surface area contributed by atoms with Gasteiger partial charge in [0.05, 0.1) is 0 Å². The maximum Gasteiger partial charge on any atom is 0.138 e. The van der Waals surface area contributed by atoms with E-state index in [1.807, 2.05) is 13.8 Å². The quantitative estimate of drug-likeness (QED) is 0.598. The highest BCUT2D eigenvalue weighted by molar-refractivity contribution is 5.82. The highest BCUT2D eigenvalue weighted by Crippen LogP contribution is 2.14. The largest absolute Gasteiger partial charge is 0.299 e. The summed E-state index contributed by atoms with van der Waals surface area (Å²) in [7, 11) is 0. The van der Waals surface area contributed by atoms with E-state index in [0.29, 0.717) is 5.78 Å². The van der Waals surface area contributed by atoms with Crippen molar-refractivity contribution in [1.82, 2.24) is 0 Å². The minimum Gasteiger partial charge on any atom is -0.299 e. The van der Waals surface area contributed by atoms with Gasteiger partial charge in [-0.1, -0.05) is 34.1 Å². The first-order chi connectivity index (χ1) is 5.13. The monoisotopic (exact) mass is 156 g/mol. The Labute approximate surface area is 70.2 Å². The highest BCUT2D eigenvalue weighted by atomic mass is 16.1. The zero-order valence-electron chi connectivity index (χ0n) is 8.18. The summed E-state index contributed by atoms with van der Waals surface area (Å²) in [4.78, 5) is 11.5. The number of ketones is 1. The summed E-state index contributed by atoms with van der Waals surface area (Å²) >= 11 is 0. The van der Waals surface area contributed by atoms with Crippen LogP contribution in [0.15, 0.2) is 0 Å². The molecule has 0 aromatic heterocycles. The summed E-state index contributed by atoms with van der Waals surface area (Å²) in [5.74, 6) is 0.973. The Morgan fingerprint density at radius 2 is 1.73 bits per heavy atom. The van der Waals surface area contributed by atoms with Gasteiger partial charge in [-0.15, -0.1) is 0 Å². The summed E-state index contributed by atoms with van der Waals surface area (Å²) in [6, 6.07) is 0. The van der Waals surface area contributed by atoms with Crippen molar-refractivity contribution in [3.8, 4) is 0 Å². The van der Waals surface area contributed by atoms with E-state index >= 15 is 0 Å². The van der Waals surface area contributed by atoms with Gasteiger partial charge in [-0.25, -0.2) is 0 Å². The molecule has 0 saturated carbocycles. The zero-order valence-corrected chi connectivity index (χ0v) is 8.18. The van der Waals surface area contributed by atoms with Crippen molar-refractivity contribution in [1.29, 1.82) is 0 Å². The van der Waals surface area contributed by atoms with E-state index in [1.54, 1.807) is 0 Å². The van der Waals surface area contributed by atoms with Gasteiger partial charge in [0.25, 0.3) is 0 Å². The van der Waals surface area contributed by atoms with Crippen molar-refractivity contribution >= 4 is 5.78 Å². The lowest BCUT2D eigenvalue weighted by Gasteiger charge is -2.13. The van der Waals surface area contributed by atoms with Crippen LogP contribution in [0.2, 0.25) is 0 Å². The maximum absolute atomic E-state index is 11.5. The second kappa shape index (κ2) is 5.34. The van der Waals surface area contributed by atoms with Crippen LogP contribution in [0.1, 0.15) is 47.0 Å². The van der Waals surface area contributed by atoms with E-state index < -0.39 is 0 Å². The van der Waals surface area contributed by atoms with Crippen LogP contribution in [0.25, 0.3) is 0 Å². The first-order valence-corrected chi connectivity index (χ1v) is 4.67. The van der Waals surface area contributed by atoms with Crippen molar-refractivity contribution in [2.24, 2.45) is 11.8 Å². The molecule has 0 unspecified atom stereocenters. The molecule has 0 aliphatic heterocycles. The molecule has 0 bridgehead atoms. The van der Waals surface area contributed by atoms with Crippen LogP contribution in [-0.4, -0.2) is 5.78 Å². The molecule has 0 aliphatic rings. The number of Topliss-reactive ketones (excluding diaryl/α,β-unsaturated/α-hetero) is 1. The summed E-state index contributed by atoms with van der Waals surface area (Å²) < 4.78 is 0. The van der Waals surface area contributed by atoms with Gasteiger partial charge in [-0.3, -0.25) is 4.79 Å². The lowest BCUT2D eigenvalue weighted by Crippen LogP contribution is -2.18. The van der Waals surface area contributed by atoms with Gasteiger partial charge in [0.1, 0.15) is 5.78 Å². The molecule has 0 spiro atoms. The average molecular weight is 156 g/mol. The predicted octanol–water partition coefficient (Wildman–Crippen LogP) is 3.04. The fourth-order valence-corrected chi connectivity index (χ4v) is 1.26. The fraction of sp³-hybridized carbons (Fsp3) is 0.900. The molecule has 0 amide bonds. The molecule has 0 heterocycles. The SMILES string of the molecule is CCC[C@H](C)C(=O)[C@@H](C)CC. The van der Waals surface area contributed by atoms with Gasteiger partial charge in [0, 0.05) is 11.8 Å². The second-order valence-electron chi connectivity index (χ2n) is 3.40. The van der Waals surface area contributed by atoms with Gasteiger partial charge in [0.2, 0.25) is 0 Å². The first-order valence-electron chi connectivity index (χ1n) is 4.67. The van der Waals surface area contributed by atoms with E-state index in [4.69, 9.17) is 0 Å². The molecule has 0 radical (unpaired) electrons. The summed E-state index contributed by atoms with van der Waals surface area (Å²) in [5.41, 5.74) is 0. The molecule has 11 heavy (non-hydrogen) atoms. The van der Waals surface area contributed by atoms with Gasteiger partial charge < -0.3 is 0 Å². The average Bonchev–Trinajstić information content (AvgIpc) is 2.02. The van der Waals surface area contributed by atoms with Crippen molar-refractivity contribution < 1.29 is 4.79 Å². The van der Waals surface area contributed by atoms with Gasteiger partial charge in [-0.05, 0) is 12.8 Å². The molecule has 0 aliphatic carbocycles. The lowest BCUT2D eigenvalue weighted by molar-refractivity contribution is -0.126. The highest BCUT2D eigenvalue weighted by Gasteiger charge is 2.16. The number of carbonyl (C=O) groups excluding carboxylic acids is 1. The maximum atomic E-state index is 11.5. The lowest BCUT2D eigenvalue weighted by atomic mass is 9.91. The van der Waals surface area contributed by atoms with Crippen LogP contribution < -0.4 is 0 Å².